The van der Waals surface area contributed by atoms with E-state index in [1.165, 1.54) is 0 Å². The minimum atomic E-state index is 0.794. The van der Waals surface area contributed by atoms with Crippen LogP contribution in [0.3, 0.4) is 0 Å². The van der Waals surface area contributed by atoms with Gasteiger partial charge in [0, 0.05) is 34.6 Å². The first kappa shape index (κ1) is 17.3. The van der Waals surface area contributed by atoms with Crippen molar-refractivity contribution in [2.45, 2.75) is 0 Å². The molecule has 4 rings (SSSR count). The molecule has 2 aromatic heterocycles. The van der Waals surface area contributed by atoms with E-state index in [4.69, 9.17) is 0 Å². The Balaban J connectivity index is 1.54. The second kappa shape index (κ2) is 8.49. The predicted molar refractivity (Wildman–Crippen MR) is 112 cm³/mol. The van der Waals surface area contributed by atoms with Gasteiger partial charge in [0.1, 0.15) is 0 Å². The van der Waals surface area contributed by atoms with Crippen LogP contribution in [0, 0.1) is 23.7 Å². The summed E-state index contributed by atoms with van der Waals surface area (Å²) < 4.78 is 0. The van der Waals surface area contributed by atoms with Crippen molar-refractivity contribution in [2.75, 3.05) is 0 Å². The second-order valence-electron chi connectivity index (χ2n) is 6.09. The van der Waals surface area contributed by atoms with Gasteiger partial charge in [0.15, 0.2) is 0 Å². The summed E-state index contributed by atoms with van der Waals surface area (Å²) in [6.07, 6.45) is 3.53. The molecule has 0 unspecified atom stereocenters. The minimum Gasteiger partial charge on any atom is -0.255 e. The lowest BCUT2D eigenvalue weighted by Crippen LogP contribution is -1.89. The molecule has 0 N–H and O–H groups in total. The molecule has 2 heteroatoms. The molecule has 2 aromatic carbocycles. The number of benzene rings is 2. The lowest BCUT2D eigenvalue weighted by atomic mass is 10.1. The monoisotopic (exact) mass is 356 g/mol. The van der Waals surface area contributed by atoms with Crippen molar-refractivity contribution in [1.29, 1.82) is 0 Å². The molecule has 130 valence electrons. The molecule has 4 aromatic rings. The first-order chi connectivity index (χ1) is 13.9. The van der Waals surface area contributed by atoms with Gasteiger partial charge < -0.3 is 0 Å². The van der Waals surface area contributed by atoms with Crippen molar-refractivity contribution >= 4 is 0 Å². The summed E-state index contributed by atoms with van der Waals surface area (Å²) in [5.74, 6) is 12.6. The Bertz CT molecular complexity index is 1190. The molecule has 0 spiro atoms. The maximum atomic E-state index is 4.51. The van der Waals surface area contributed by atoms with Gasteiger partial charge in [-0.1, -0.05) is 60.1 Å². The molecule has 0 aliphatic carbocycles. The molecular weight excluding hydrogens is 340 g/mol. The Labute approximate surface area is 165 Å². The molecule has 0 amide bonds. The summed E-state index contributed by atoms with van der Waals surface area (Å²) >= 11 is 0. The summed E-state index contributed by atoms with van der Waals surface area (Å²) in [6.45, 7) is 0. The lowest BCUT2D eigenvalue weighted by Gasteiger charge is -2.00. The van der Waals surface area contributed by atoms with Gasteiger partial charge >= 0.3 is 0 Å². The maximum Gasteiger partial charge on any atom is 0.0898 e. The molecule has 0 fully saturated rings. The van der Waals surface area contributed by atoms with Gasteiger partial charge in [0.2, 0.25) is 0 Å². The van der Waals surface area contributed by atoms with Crippen LogP contribution in [0.4, 0.5) is 0 Å². The van der Waals surface area contributed by atoms with Gasteiger partial charge in [-0.25, -0.2) is 0 Å². The third-order valence-electron chi connectivity index (χ3n) is 4.04. The zero-order chi connectivity index (χ0) is 19.0. The first-order valence-electron chi connectivity index (χ1n) is 8.93. The van der Waals surface area contributed by atoms with E-state index in [1.54, 1.807) is 12.4 Å². The fourth-order valence-corrected chi connectivity index (χ4v) is 2.60. The molecule has 0 atom stereocenters. The number of rotatable bonds is 1. The second-order valence-corrected chi connectivity index (χ2v) is 6.09. The highest BCUT2D eigenvalue weighted by Crippen LogP contribution is 2.15. The van der Waals surface area contributed by atoms with E-state index in [9.17, 15) is 0 Å². The SMILES string of the molecule is C(#Cc1ccc(-c2cc(C#Cc3ccccc3)ccn2)nc1)c1ccccc1. The lowest BCUT2D eigenvalue weighted by molar-refractivity contribution is 1.24. The van der Waals surface area contributed by atoms with Crippen LogP contribution < -0.4 is 0 Å². The van der Waals surface area contributed by atoms with Crippen LogP contribution in [0.25, 0.3) is 11.4 Å². The van der Waals surface area contributed by atoms with Gasteiger partial charge in [0.25, 0.3) is 0 Å². The molecule has 2 nitrogen and oxygen atoms in total. The number of aromatic nitrogens is 2. The van der Waals surface area contributed by atoms with E-state index >= 15 is 0 Å². The zero-order valence-electron chi connectivity index (χ0n) is 15.1. The Hall–Kier alpha value is -4.14. The number of hydrogen-bond acceptors (Lipinski definition) is 2. The Morgan fingerprint density at radius 2 is 1.07 bits per heavy atom. The highest BCUT2D eigenvalue weighted by atomic mass is 14.8. The Morgan fingerprint density at radius 3 is 1.68 bits per heavy atom. The molecule has 0 radical (unpaired) electrons. The Morgan fingerprint density at radius 1 is 0.464 bits per heavy atom. The van der Waals surface area contributed by atoms with Crippen LogP contribution in [-0.4, -0.2) is 9.97 Å². The van der Waals surface area contributed by atoms with Crippen molar-refractivity contribution in [3.63, 3.8) is 0 Å². The molecule has 28 heavy (non-hydrogen) atoms. The summed E-state index contributed by atoms with van der Waals surface area (Å²) in [5, 5.41) is 0. The van der Waals surface area contributed by atoms with Crippen LogP contribution in [0.5, 0.6) is 0 Å². The normalized spacial score (nSPS) is 9.57. The van der Waals surface area contributed by atoms with E-state index in [0.717, 1.165) is 33.6 Å². The van der Waals surface area contributed by atoms with E-state index in [1.807, 2.05) is 84.9 Å². The average molecular weight is 356 g/mol. The quantitative estimate of drug-likeness (QED) is 0.451. The smallest absolute Gasteiger partial charge is 0.0898 e. The summed E-state index contributed by atoms with van der Waals surface area (Å²) in [4.78, 5) is 8.93. The fraction of sp³-hybridized carbons (Fsp3) is 0. The van der Waals surface area contributed by atoms with Crippen LogP contribution in [0.1, 0.15) is 22.3 Å². The number of nitrogens with zero attached hydrogens (tertiary/aromatic N) is 2. The minimum absolute atomic E-state index is 0.794. The zero-order valence-corrected chi connectivity index (χ0v) is 15.1. The molecule has 0 aliphatic heterocycles. The molecule has 0 aliphatic rings. The Kier molecular flexibility index (Phi) is 5.24. The predicted octanol–water partition coefficient (Wildman–Crippen LogP) is 4.94. The third-order valence-corrected chi connectivity index (χ3v) is 4.04. The van der Waals surface area contributed by atoms with Crippen LogP contribution in [0.2, 0.25) is 0 Å². The van der Waals surface area contributed by atoms with E-state index in [0.29, 0.717) is 0 Å². The van der Waals surface area contributed by atoms with Crippen LogP contribution in [0.15, 0.2) is 97.3 Å². The van der Waals surface area contributed by atoms with E-state index in [2.05, 4.69) is 33.6 Å². The van der Waals surface area contributed by atoms with Crippen molar-refractivity contribution < 1.29 is 0 Å². The third kappa shape index (κ3) is 4.52. The number of pyridine rings is 2. The molecular formula is C26H16N2. The molecule has 0 saturated heterocycles. The first-order valence-corrected chi connectivity index (χ1v) is 8.93. The van der Waals surface area contributed by atoms with Crippen LogP contribution >= 0.6 is 0 Å². The van der Waals surface area contributed by atoms with E-state index in [-0.39, 0.29) is 0 Å². The fourth-order valence-electron chi connectivity index (χ4n) is 2.60. The topological polar surface area (TPSA) is 25.8 Å². The largest absolute Gasteiger partial charge is 0.255 e. The van der Waals surface area contributed by atoms with Crippen molar-refractivity contribution in [3.05, 3.63) is 120 Å². The van der Waals surface area contributed by atoms with Crippen LogP contribution in [-0.2, 0) is 0 Å². The average Bonchev–Trinajstić information content (AvgIpc) is 2.78. The van der Waals surface area contributed by atoms with Crippen molar-refractivity contribution in [3.8, 4) is 35.1 Å². The summed E-state index contributed by atoms with van der Waals surface area (Å²) in [6, 6.07) is 27.6. The van der Waals surface area contributed by atoms with E-state index < -0.39 is 0 Å². The molecule has 2 heterocycles. The standard InChI is InChI=1S/C26H16N2/c1-3-7-21(8-4-1)11-13-23-17-18-27-26(19-23)25-16-15-24(20-28-25)14-12-22-9-5-2-6-10-22/h1-10,15-20H. The highest BCUT2D eigenvalue weighted by molar-refractivity contribution is 5.58. The van der Waals surface area contributed by atoms with Crippen molar-refractivity contribution in [2.24, 2.45) is 0 Å². The molecule has 0 bridgehead atoms. The highest BCUT2D eigenvalue weighted by Gasteiger charge is 2.01. The maximum absolute atomic E-state index is 4.51. The van der Waals surface area contributed by atoms with Gasteiger partial charge in [-0.3, -0.25) is 9.97 Å². The van der Waals surface area contributed by atoms with Crippen molar-refractivity contribution in [1.82, 2.24) is 9.97 Å². The summed E-state index contributed by atoms with van der Waals surface area (Å²) in [7, 11) is 0. The van der Waals surface area contributed by atoms with Gasteiger partial charge in [-0.2, -0.15) is 0 Å². The summed E-state index contributed by atoms with van der Waals surface area (Å²) in [5.41, 5.74) is 5.34. The van der Waals surface area contributed by atoms with Gasteiger partial charge in [0.05, 0.1) is 11.4 Å². The van der Waals surface area contributed by atoms with Gasteiger partial charge in [-0.15, -0.1) is 0 Å². The number of hydrogen-bond donors (Lipinski definition) is 0. The molecule has 0 saturated carbocycles. The van der Waals surface area contributed by atoms with Gasteiger partial charge in [-0.05, 0) is 48.5 Å².